The molecule has 0 unspecified atom stereocenters. The normalized spacial score (nSPS) is 14.7. The number of hydrogen-bond acceptors (Lipinski definition) is 7. The van der Waals surface area contributed by atoms with E-state index < -0.39 is 28.0 Å². The molecule has 1 fully saturated rings. The number of aliphatic carboxylic acids is 2. The molecular weight excluding hydrogens is 574 g/mol. The van der Waals surface area contributed by atoms with Gasteiger partial charge < -0.3 is 27.1 Å². The van der Waals surface area contributed by atoms with Crippen LogP contribution >= 0.6 is 0 Å². The number of amidine groups is 1. The van der Waals surface area contributed by atoms with Crippen LogP contribution in [0.3, 0.4) is 0 Å². The molecule has 4 rings (SSSR count). The van der Waals surface area contributed by atoms with Crippen LogP contribution in [0, 0.1) is 5.92 Å². The Bertz CT molecular complexity index is 1580. The quantitative estimate of drug-likeness (QED) is 0.0617. The number of nitrogens with two attached hydrogens (primary N) is 2. The van der Waals surface area contributed by atoms with Gasteiger partial charge in [-0.3, -0.25) is 4.79 Å². The first kappa shape index (κ1) is 32.8. The Hall–Kier alpha value is -4.75. The fourth-order valence-electron chi connectivity index (χ4n) is 4.62. The predicted octanol–water partition coefficient (Wildman–Crippen LogP) is 2.33. The van der Waals surface area contributed by atoms with E-state index in [2.05, 4.69) is 15.1 Å². The molecule has 1 amide bonds. The predicted molar refractivity (Wildman–Crippen MR) is 162 cm³/mol. The van der Waals surface area contributed by atoms with E-state index in [1.165, 1.54) is 12.8 Å². The second-order valence-corrected chi connectivity index (χ2v) is 11.7. The van der Waals surface area contributed by atoms with Crippen LogP contribution in [0.5, 0.6) is 0 Å². The van der Waals surface area contributed by atoms with Gasteiger partial charge in [0.05, 0.1) is 4.90 Å². The van der Waals surface area contributed by atoms with E-state index >= 15 is 0 Å². The second-order valence-electron chi connectivity index (χ2n) is 10.0. The van der Waals surface area contributed by atoms with E-state index in [4.69, 9.17) is 21.8 Å². The molecule has 1 aliphatic carbocycles. The summed E-state index contributed by atoms with van der Waals surface area (Å²) >= 11 is 0. The molecule has 3 aromatic carbocycles. The Kier molecular flexibility index (Phi) is 11.8. The van der Waals surface area contributed by atoms with Crippen molar-refractivity contribution in [1.82, 2.24) is 10.0 Å². The van der Waals surface area contributed by atoms with Gasteiger partial charge in [-0.2, -0.15) is 9.82 Å². The summed E-state index contributed by atoms with van der Waals surface area (Å²) in [5.74, 6) is 3.02. The number of carboxylic acids is 2. The number of rotatable bonds is 11. The first-order valence-corrected chi connectivity index (χ1v) is 15.0. The lowest BCUT2D eigenvalue weighted by atomic mass is 10.0. The molecule has 0 radical (unpaired) electrons. The van der Waals surface area contributed by atoms with Crippen LogP contribution in [-0.4, -0.2) is 54.9 Å². The number of hydrazone groups is 1. The number of amides is 1. The van der Waals surface area contributed by atoms with Gasteiger partial charge in [0.15, 0.2) is 0 Å². The van der Waals surface area contributed by atoms with Crippen molar-refractivity contribution >= 4 is 44.5 Å². The third kappa shape index (κ3) is 10.2. The maximum Gasteiger partial charge on any atom is 0.328 e. The summed E-state index contributed by atoms with van der Waals surface area (Å²) in [5, 5.41) is 23.8. The lowest BCUT2D eigenvalue weighted by molar-refractivity contribution is -0.134. The zero-order valence-electron chi connectivity index (χ0n) is 23.3. The van der Waals surface area contributed by atoms with Gasteiger partial charge in [-0.15, -0.1) is 0 Å². The first-order chi connectivity index (χ1) is 20.5. The maximum atomic E-state index is 13.3. The fourth-order valence-corrected chi connectivity index (χ4v) is 5.86. The molecule has 1 aliphatic rings. The lowest BCUT2D eigenvalue weighted by Gasteiger charge is -2.20. The maximum absolute atomic E-state index is 13.3. The highest BCUT2D eigenvalue weighted by atomic mass is 32.2. The zero-order chi connectivity index (χ0) is 31.4. The van der Waals surface area contributed by atoms with Gasteiger partial charge in [0.25, 0.3) is 0 Å². The van der Waals surface area contributed by atoms with Crippen LogP contribution in [0.15, 0.2) is 88.9 Å². The molecule has 0 heterocycles. The van der Waals surface area contributed by atoms with Crippen molar-refractivity contribution in [3.63, 3.8) is 0 Å². The SMILES string of the molecule is N/N=C(\N)c1ccc(C[C@H](NS(=O)(=O)c2ccc3ccccc3c2)C(=O)NCC2CCCC2)cc1.O=C(O)/C=C\C(=O)O. The van der Waals surface area contributed by atoms with E-state index in [-0.39, 0.29) is 23.1 Å². The fraction of sp³-hybridized carbons (Fsp3) is 0.267. The third-order valence-electron chi connectivity index (χ3n) is 6.88. The summed E-state index contributed by atoms with van der Waals surface area (Å²) in [4.78, 5) is 32.4. The Morgan fingerprint density at radius 2 is 1.53 bits per heavy atom. The minimum Gasteiger partial charge on any atom is -0.478 e. The Morgan fingerprint density at radius 3 is 2.12 bits per heavy atom. The van der Waals surface area contributed by atoms with Crippen molar-refractivity contribution in [2.45, 2.75) is 43.0 Å². The highest BCUT2D eigenvalue weighted by Crippen LogP contribution is 2.24. The van der Waals surface area contributed by atoms with Gasteiger partial charge in [0.1, 0.15) is 11.9 Å². The minimum absolute atomic E-state index is 0.118. The molecule has 0 aliphatic heterocycles. The van der Waals surface area contributed by atoms with Crippen molar-refractivity contribution in [2.75, 3.05) is 6.54 Å². The topological polar surface area (TPSA) is 214 Å². The molecule has 0 bridgehead atoms. The van der Waals surface area contributed by atoms with Crippen LogP contribution in [0.4, 0.5) is 0 Å². The Balaban J connectivity index is 0.000000557. The zero-order valence-corrected chi connectivity index (χ0v) is 24.2. The van der Waals surface area contributed by atoms with Crippen LogP contribution in [0.25, 0.3) is 10.8 Å². The molecule has 0 spiro atoms. The van der Waals surface area contributed by atoms with Gasteiger partial charge >= 0.3 is 11.9 Å². The smallest absolute Gasteiger partial charge is 0.328 e. The number of carbonyl (C=O) groups excluding carboxylic acids is 1. The van der Waals surface area contributed by atoms with Crippen LogP contribution in [-0.2, 0) is 30.8 Å². The standard InChI is InChI=1S/C26H31N5O3S.C4H4O4/c27-25(30-28)21-11-9-18(10-12-21)15-24(26(32)29-17-19-5-1-2-6-19)31-35(33,34)23-14-13-20-7-3-4-8-22(20)16-23;5-3(6)1-2-4(7)8/h3-4,7-14,16,19,24,31H,1-2,5-6,15,17,28H2,(H2,27,30)(H,29,32);1-2H,(H,5,6)(H,7,8)/b;2-1-/t24-;/m0./s1. The molecule has 13 heteroatoms. The number of benzene rings is 3. The average Bonchev–Trinajstić information content (AvgIpc) is 3.52. The molecule has 3 aromatic rings. The summed E-state index contributed by atoms with van der Waals surface area (Å²) in [5.41, 5.74) is 7.18. The van der Waals surface area contributed by atoms with E-state index in [1.807, 2.05) is 24.3 Å². The second kappa shape index (κ2) is 15.5. The summed E-state index contributed by atoms with van der Waals surface area (Å²) in [6.07, 6.45) is 5.80. The van der Waals surface area contributed by atoms with Gasteiger partial charge in [-0.25, -0.2) is 18.0 Å². The number of hydrogen-bond donors (Lipinski definition) is 6. The van der Waals surface area contributed by atoms with Crippen molar-refractivity contribution < 1.29 is 33.0 Å². The van der Waals surface area contributed by atoms with Crippen molar-refractivity contribution in [2.24, 2.45) is 22.6 Å². The largest absolute Gasteiger partial charge is 0.478 e. The molecule has 43 heavy (non-hydrogen) atoms. The summed E-state index contributed by atoms with van der Waals surface area (Å²) < 4.78 is 29.2. The number of sulfonamides is 1. The third-order valence-corrected chi connectivity index (χ3v) is 8.35. The lowest BCUT2D eigenvalue weighted by Crippen LogP contribution is -2.48. The van der Waals surface area contributed by atoms with E-state index in [1.54, 1.807) is 42.5 Å². The molecule has 228 valence electrons. The van der Waals surface area contributed by atoms with Crippen LogP contribution in [0.2, 0.25) is 0 Å². The monoisotopic (exact) mass is 609 g/mol. The Morgan fingerprint density at radius 1 is 0.930 bits per heavy atom. The van der Waals surface area contributed by atoms with Crippen LogP contribution in [0.1, 0.15) is 36.8 Å². The van der Waals surface area contributed by atoms with Crippen LogP contribution < -0.4 is 21.6 Å². The number of carboxylic acid groups (broad SMARTS) is 2. The van der Waals surface area contributed by atoms with Gasteiger partial charge in [-0.05, 0) is 53.6 Å². The van der Waals surface area contributed by atoms with Crippen molar-refractivity contribution in [1.29, 1.82) is 0 Å². The van der Waals surface area contributed by atoms with E-state index in [0.717, 1.165) is 29.2 Å². The molecule has 8 N–H and O–H groups in total. The molecule has 12 nitrogen and oxygen atoms in total. The van der Waals surface area contributed by atoms with Crippen molar-refractivity contribution in [3.05, 3.63) is 90.0 Å². The van der Waals surface area contributed by atoms with Gasteiger partial charge in [0, 0.05) is 24.3 Å². The number of carbonyl (C=O) groups is 3. The highest BCUT2D eigenvalue weighted by molar-refractivity contribution is 7.89. The van der Waals surface area contributed by atoms with Crippen molar-refractivity contribution in [3.8, 4) is 0 Å². The highest BCUT2D eigenvalue weighted by Gasteiger charge is 2.27. The number of fused-ring (bicyclic) bond motifs is 1. The molecule has 1 atom stereocenters. The summed E-state index contributed by atoms with van der Waals surface area (Å²) in [6.45, 7) is 0.551. The number of nitrogens with one attached hydrogen (secondary N) is 2. The Labute approximate surface area is 249 Å². The van der Waals surface area contributed by atoms with E-state index in [0.29, 0.717) is 30.2 Å². The average molecular weight is 610 g/mol. The first-order valence-electron chi connectivity index (χ1n) is 13.5. The van der Waals surface area contributed by atoms with Gasteiger partial charge in [0.2, 0.25) is 15.9 Å². The number of nitrogens with zero attached hydrogens (tertiary/aromatic N) is 1. The summed E-state index contributed by atoms with van der Waals surface area (Å²) in [7, 11) is -3.95. The minimum atomic E-state index is -3.95. The molecule has 0 saturated heterocycles. The summed E-state index contributed by atoms with van der Waals surface area (Å²) in [6, 6.07) is 18.6. The van der Waals surface area contributed by atoms with E-state index in [9.17, 15) is 22.8 Å². The molecule has 1 saturated carbocycles. The molecule has 0 aromatic heterocycles. The molecular formula is C30H35N5O7S. The van der Waals surface area contributed by atoms with Gasteiger partial charge in [-0.1, -0.05) is 67.4 Å².